The van der Waals surface area contributed by atoms with Crippen molar-refractivity contribution >= 4 is 6.29 Å². The molecule has 37 heavy (non-hydrogen) atoms. The van der Waals surface area contributed by atoms with Gasteiger partial charge >= 0.3 is 6.18 Å². The van der Waals surface area contributed by atoms with Crippen molar-refractivity contribution in [2.24, 2.45) is 0 Å². The molecule has 0 amide bonds. The van der Waals surface area contributed by atoms with Gasteiger partial charge in [-0.1, -0.05) is 92.2 Å². The summed E-state index contributed by atoms with van der Waals surface area (Å²) in [7, 11) is 1.00. The minimum atomic E-state index is -4.46. The molecule has 0 aliphatic rings. The molecule has 7 heteroatoms. The number of alkyl halides is 3. The zero-order valence-corrected chi connectivity index (χ0v) is 21.5. The van der Waals surface area contributed by atoms with E-state index >= 15 is 0 Å². The van der Waals surface area contributed by atoms with Crippen molar-refractivity contribution in [2.75, 3.05) is 7.11 Å². The number of aldehydes is 1. The molecule has 0 radical (unpaired) electrons. The number of halogens is 3. The molecule has 1 aromatic heterocycles. The number of aromatic nitrogens is 2. The third-order valence-electron chi connectivity index (χ3n) is 5.59. The molecule has 4 nitrogen and oxygen atoms in total. The number of aliphatic hydroxyl groups excluding tert-OH is 1. The summed E-state index contributed by atoms with van der Waals surface area (Å²) >= 11 is 0. The Labute approximate surface area is 216 Å². The summed E-state index contributed by atoms with van der Waals surface area (Å²) in [4.78, 5) is 11.8. The van der Waals surface area contributed by atoms with Gasteiger partial charge in [0.1, 0.15) is 6.29 Å². The highest BCUT2D eigenvalue weighted by Crippen LogP contribution is 2.32. The summed E-state index contributed by atoms with van der Waals surface area (Å²) in [6, 6.07) is 24.8. The average Bonchev–Trinajstić information content (AvgIpc) is 3.32. The zero-order chi connectivity index (χ0) is 27.4. The number of carbonyl (C=O) groups is 1. The molecular formula is C30H33F3N2O2. The molecule has 0 saturated carbocycles. The minimum Gasteiger partial charge on any atom is -0.400 e. The maximum atomic E-state index is 13.1. The van der Waals surface area contributed by atoms with E-state index in [1.54, 1.807) is 6.07 Å². The van der Waals surface area contributed by atoms with E-state index < -0.39 is 17.7 Å². The lowest BCUT2D eigenvalue weighted by molar-refractivity contribution is -0.137. The van der Waals surface area contributed by atoms with E-state index in [4.69, 9.17) is 10.2 Å². The highest BCUT2D eigenvalue weighted by molar-refractivity contribution is 5.64. The van der Waals surface area contributed by atoms with E-state index in [9.17, 15) is 18.0 Å². The normalized spacial score (nSPS) is 11.5. The average molecular weight is 511 g/mol. The molecule has 0 spiro atoms. The quantitative estimate of drug-likeness (QED) is 0.270. The van der Waals surface area contributed by atoms with Crippen molar-refractivity contribution in [3.05, 3.63) is 113 Å². The molecule has 196 valence electrons. The van der Waals surface area contributed by atoms with Crippen molar-refractivity contribution in [1.29, 1.82) is 0 Å². The first-order chi connectivity index (χ1) is 17.8. The van der Waals surface area contributed by atoms with Crippen LogP contribution < -0.4 is 0 Å². The van der Waals surface area contributed by atoms with Gasteiger partial charge in [-0.25, -0.2) is 0 Å². The molecule has 1 atom stereocenters. The molecule has 4 aromatic rings. The number of hydrogen-bond donors (Lipinski definition) is 1. The summed E-state index contributed by atoms with van der Waals surface area (Å²) < 4.78 is 41.3. The van der Waals surface area contributed by atoms with Crippen molar-refractivity contribution in [2.45, 2.75) is 45.8 Å². The van der Waals surface area contributed by atoms with Crippen LogP contribution in [0, 0.1) is 6.92 Å². The van der Waals surface area contributed by atoms with Crippen LogP contribution in [-0.4, -0.2) is 28.3 Å². The predicted octanol–water partition coefficient (Wildman–Crippen LogP) is 7.09. The molecule has 1 heterocycles. The number of hydrogen-bond acceptors (Lipinski definition) is 3. The molecule has 0 aliphatic heterocycles. The number of nitrogens with zero attached hydrogens (tertiary/aromatic N) is 2. The maximum Gasteiger partial charge on any atom is 0.416 e. The van der Waals surface area contributed by atoms with Crippen LogP contribution in [0.2, 0.25) is 0 Å². The number of aryl methyl sites for hydroxylation is 1. The first-order valence-electron chi connectivity index (χ1n) is 12.1. The minimum absolute atomic E-state index is 0.214. The maximum absolute atomic E-state index is 13.1. The first-order valence-corrected chi connectivity index (χ1v) is 12.1. The van der Waals surface area contributed by atoms with Crippen LogP contribution in [0.15, 0.2) is 84.9 Å². The Morgan fingerprint density at radius 3 is 2.16 bits per heavy atom. The third-order valence-corrected chi connectivity index (χ3v) is 5.59. The second-order valence-electron chi connectivity index (χ2n) is 8.10. The summed E-state index contributed by atoms with van der Waals surface area (Å²) in [6.07, 6.45) is -3.55. The van der Waals surface area contributed by atoms with Crippen LogP contribution in [-0.2, 0) is 23.9 Å². The lowest BCUT2D eigenvalue weighted by Crippen LogP contribution is -2.10. The number of rotatable bonds is 7. The van der Waals surface area contributed by atoms with E-state index in [1.165, 1.54) is 6.07 Å². The second kappa shape index (κ2) is 14.1. The number of carbonyl (C=O) groups excluding carboxylic acids is 1. The van der Waals surface area contributed by atoms with Crippen molar-refractivity contribution in [1.82, 2.24) is 9.78 Å². The van der Waals surface area contributed by atoms with E-state index in [2.05, 4.69) is 0 Å². The highest BCUT2D eigenvalue weighted by atomic mass is 19.4. The molecule has 3 aromatic carbocycles. The van der Waals surface area contributed by atoms with Crippen LogP contribution in [0.3, 0.4) is 0 Å². The fraction of sp³-hybridized carbons (Fsp3) is 0.267. The number of benzene rings is 3. The van der Waals surface area contributed by atoms with Crippen LogP contribution >= 0.6 is 0 Å². The topological polar surface area (TPSA) is 55.1 Å². The molecule has 0 bridgehead atoms. The fourth-order valence-electron chi connectivity index (χ4n) is 3.82. The molecule has 0 saturated heterocycles. The SMILES string of the molecule is CC.CO.Cc1ccc(-c2cc(CC(C=O)c3cccc(C(F)(F)F)c3)nn2Cc2ccccc2)cc1. The predicted molar refractivity (Wildman–Crippen MR) is 141 cm³/mol. The van der Waals surface area contributed by atoms with Gasteiger partial charge in [-0.15, -0.1) is 0 Å². The van der Waals surface area contributed by atoms with Gasteiger partial charge in [0.05, 0.1) is 23.5 Å². The van der Waals surface area contributed by atoms with Crippen LogP contribution in [0.25, 0.3) is 11.3 Å². The van der Waals surface area contributed by atoms with Gasteiger partial charge in [0.2, 0.25) is 0 Å². The van der Waals surface area contributed by atoms with Crippen molar-refractivity contribution in [3.63, 3.8) is 0 Å². The van der Waals surface area contributed by atoms with Crippen LogP contribution in [0.5, 0.6) is 0 Å². The van der Waals surface area contributed by atoms with Crippen molar-refractivity contribution in [3.8, 4) is 11.3 Å². The van der Waals surface area contributed by atoms with Gasteiger partial charge in [-0.05, 0) is 35.7 Å². The van der Waals surface area contributed by atoms with Gasteiger partial charge in [0.15, 0.2) is 0 Å². The Balaban J connectivity index is 0.00000115. The fourth-order valence-corrected chi connectivity index (χ4v) is 3.82. The Hall–Kier alpha value is -3.71. The smallest absolute Gasteiger partial charge is 0.400 e. The second-order valence-corrected chi connectivity index (χ2v) is 8.10. The van der Waals surface area contributed by atoms with E-state index in [-0.39, 0.29) is 6.42 Å². The monoisotopic (exact) mass is 510 g/mol. The molecule has 1 N–H and O–H groups in total. The van der Waals surface area contributed by atoms with Crippen LogP contribution in [0.1, 0.15) is 47.7 Å². The van der Waals surface area contributed by atoms with Gasteiger partial charge in [-0.3, -0.25) is 4.68 Å². The molecular weight excluding hydrogens is 477 g/mol. The van der Waals surface area contributed by atoms with E-state index in [0.717, 1.165) is 41.6 Å². The highest BCUT2D eigenvalue weighted by Gasteiger charge is 2.31. The summed E-state index contributed by atoms with van der Waals surface area (Å²) in [6.45, 7) is 6.56. The molecule has 0 aliphatic carbocycles. The van der Waals surface area contributed by atoms with E-state index in [0.29, 0.717) is 24.1 Å². The Morgan fingerprint density at radius 1 is 0.919 bits per heavy atom. The Kier molecular flexibility index (Phi) is 11.3. The lowest BCUT2D eigenvalue weighted by Gasteiger charge is -2.12. The van der Waals surface area contributed by atoms with Gasteiger partial charge in [0.25, 0.3) is 0 Å². The summed E-state index contributed by atoms with van der Waals surface area (Å²) in [5, 5.41) is 11.7. The van der Waals surface area contributed by atoms with Crippen LogP contribution in [0.4, 0.5) is 13.2 Å². The van der Waals surface area contributed by atoms with Gasteiger partial charge in [-0.2, -0.15) is 18.3 Å². The third kappa shape index (κ3) is 8.15. The largest absolute Gasteiger partial charge is 0.416 e. The van der Waals surface area contributed by atoms with Crippen molar-refractivity contribution < 1.29 is 23.1 Å². The zero-order valence-electron chi connectivity index (χ0n) is 21.5. The summed E-state index contributed by atoms with van der Waals surface area (Å²) in [5.41, 5.74) is 4.30. The lowest BCUT2D eigenvalue weighted by atomic mass is 9.94. The van der Waals surface area contributed by atoms with E-state index in [1.807, 2.05) is 86.1 Å². The Bertz CT molecular complexity index is 1230. The number of aliphatic hydroxyl groups is 1. The molecule has 4 rings (SSSR count). The molecule has 0 fully saturated rings. The van der Waals surface area contributed by atoms with Gasteiger partial charge in [0, 0.05) is 19.4 Å². The summed E-state index contributed by atoms with van der Waals surface area (Å²) in [5.74, 6) is -0.724. The van der Waals surface area contributed by atoms with Gasteiger partial charge < -0.3 is 9.90 Å². The molecule has 1 unspecified atom stereocenters. The first kappa shape index (κ1) is 29.5. The standard InChI is InChI=1S/C27H23F3N2O.C2H6.CH4O/c1-19-10-12-21(13-11-19)26-16-25(31-32(26)17-20-6-3-2-4-7-20)15-23(18-33)22-8-5-9-24(14-22)27(28,29)30;2*1-2/h2-14,16,18,23H,15,17H2,1H3;1-2H3;2H,1H3. The Morgan fingerprint density at radius 2 is 1.57 bits per heavy atom.